The quantitative estimate of drug-likeness (QED) is 0.167. The maximum atomic E-state index is 14.5. The van der Waals surface area contributed by atoms with Gasteiger partial charge in [-0.1, -0.05) is 12.2 Å². The first-order valence-electron chi connectivity index (χ1n) is 18.6. The number of aromatic nitrogens is 1. The number of ether oxygens (including phenoxy) is 3. The number of ketones is 1. The maximum absolute atomic E-state index is 14.5. The average molecular weight is 780 g/mol. The van der Waals surface area contributed by atoms with Crippen LogP contribution in [0.4, 0.5) is 4.79 Å². The number of sulfonamides is 1. The number of fused-ring (bicyclic) bond motifs is 1. The Morgan fingerprint density at radius 3 is 2.49 bits per heavy atom. The van der Waals surface area contributed by atoms with Gasteiger partial charge in [-0.05, 0) is 101 Å². The van der Waals surface area contributed by atoms with Crippen molar-refractivity contribution in [3.8, 4) is 11.6 Å². The van der Waals surface area contributed by atoms with Crippen molar-refractivity contribution >= 4 is 50.4 Å². The number of benzene rings is 1. The molecule has 4 amide bonds. The highest BCUT2D eigenvalue weighted by atomic mass is 32.2. The summed E-state index contributed by atoms with van der Waals surface area (Å²) in [5.41, 5.74) is -2.49. The van der Waals surface area contributed by atoms with Crippen LogP contribution in [0.5, 0.6) is 11.6 Å². The Morgan fingerprint density at radius 2 is 1.85 bits per heavy atom. The molecule has 15 nitrogen and oxygen atoms in total. The van der Waals surface area contributed by atoms with Crippen LogP contribution in [0.1, 0.15) is 72.1 Å². The fourth-order valence-corrected chi connectivity index (χ4v) is 8.07. The van der Waals surface area contributed by atoms with Crippen molar-refractivity contribution in [2.45, 2.75) is 107 Å². The highest BCUT2D eigenvalue weighted by Crippen LogP contribution is 2.45. The van der Waals surface area contributed by atoms with Crippen molar-refractivity contribution in [3.05, 3.63) is 55.3 Å². The Hall–Kier alpha value is -4.99. The molecule has 4 fully saturated rings. The van der Waals surface area contributed by atoms with Crippen molar-refractivity contribution in [1.82, 2.24) is 25.2 Å². The van der Waals surface area contributed by atoms with Crippen molar-refractivity contribution < 1.29 is 46.6 Å². The summed E-state index contributed by atoms with van der Waals surface area (Å²) in [6, 6.07) is 4.65. The molecule has 0 radical (unpaired) electrons. The molecule has 6 rings (SSSR count). The number of rotatable bonds is 16. The number of alkyl carbamates (subject to hydrolysis) is 1. The molecular formula is C39H49N5O10S. The molecule has 296 valence electrons. The molecule has 1 aliphatic heterocycles. The normalized spacial score (nSPS) is 24.1. The zero-order chi connectivity index (χ0) is 39.7. The van der Waals surface area contributed by atoms with Gasteiger partial charge < -0.3 is 29.7 Å². The van der Waals surface area contributed by atoms with Gasteiger partial charge in [0.25, 0.3) is 5.91 Å². The predicted octanol–water partition coefficient (Wildman–Crippen LogP) is 3.47. The number of pyridine rings is 1. The van der Waals surface area contributed by atoms with Crippen molar-refractivity contribution in [3.63, 3.8) is 0 Å². The number of nitrogens with one attached hydrogen (secondary N) is 3. The molecule has 4 aliphatic rings. The van der Waals surface area contributed by atoms with E-state index in [0.29, 0.717) is 29.9 Å². The van der Waals surface area contributed by atoms with Gasteiger partial charge in [-0.25, -0.2) is 18.2 Å². The van der Waals surface area contributed by atoms with Crippen LogP contribution in [-0.2, 0) is 33.9 Å². The number of nitrogens with zero attached hydrogens (tertiary/aromatic N) is 2. The highest BCUT2D eigenvalue weighted by Gasteiger charge is 2.62. The number of likely N-dealkylation sites (tertiary alicyclic amines) is 1. The molecule has 0 unspecified atom stereocenters. The summed E-state index contributed by atoms with van der Waals surface area (Å²) >= 11 is 0. The molecule has 1 aromatic carbocycles. The number of amides is 4. The lowest BCUT2D eigenvalue weighted by Gasteiger charge is -2.30. The molecule has 1 aromatic heterocycles. The monoisotopic (exact) mass is 779 g/mol. The summed E-state index contributed by atoms with van der Waals surface area (Å²) in [5, 5.41) is 6.14. The van der Waals surface area contributed by atoms with Crippen LogP contribution >= 0.6 is 0 Å². The minimum atomic E-state index is -3.93. The molecule has 55 heavy (non-hydrogen) atoms. The van der Waals surface area contributed by atoms with Gasteiger partial charge in [-0.3, -0.25) is 23.9 Å². The number of carbonyl (C=O) groups is 5. The van der Waals surface area contributed by atoms with Gasteiger partial charge >= 0.3 is 6.09 Å². The van der Waals surface area contributed by atoms with E-state index in [9.17, 15) is 32.4 Å². The largest absolute Gasteiger partial charge is 0.497 e. The molecule has 16 heteroatoms. The van der Waals surface area contributed by atoms with E-state index in [4.69, 9.17) is 14.2 Å². The molecule has 3 aliphatic carbocycles. The molecule has 3 saturated carbocycles. The van der Waals surface area contributed by atoms with Gasteiger partial charge in [0.2, 0.25) is 27.7 Å². The lowest BCUT2D eigenvalue weighted by atomic mass is 10.1. The van der Waals surface area contributed by atoms with E-state index < -0.39 is 74.3 Å². The van der Waals surface area contributed by atoms with Crippen LogP contribution in [0, 0.1) is 11.8 Å². The van der Waals surface area contributed by atoms with Crippen LogP contribution in [0.2, 0.25) is 0 Å². The zero-order valence-corrected chi connectivity index (χ0v) is 32.4. The molecule has 1 saturated heterocycles. The summed E-state index contributed by atoms with van der Waals surface area (Å²) < 4.78 is 44.7. The van der Waals surface area contributed by atoms with Gasteiger partial charge in [-0.2, -0.15) is 0 Å². The van der Waals surface area contributed by atoms with Gasteiger partial charge in [0, 0.05) is 30.3 Å². The van der Waals surface area contributed by atoms with Gasteiger partial charge in [0.05, 0.1) is 18.9 Å². The van der Waals surface area contributed by atoms with Crippen LogP contribution in [0.25, 0.3) is 10.8 Å². The standard InChI is InChI=1S/C39H49N5O10S/c1-6-25-21-39(25,36(48)43-55(50,51)29-13-14-29)42-33(46)32-20-28(53-34-30-15-12-27(52-5)19-24(30)17-18-40-34)22-44(32)35(47)31(41-37(49)54-38(2,3)4)16-11-26(45)10-9-23-7-8-23/h6,9-10,12,15,17-19,23,25,28-29,31-32H,1,7-8,11,13-14,16,20-22H2,2-5H3,(H,41,49)(H,42,46)(H,43,48)/b10-9+/t25-,28-,31+,32+,39-/m1/s1. The number of methoxy groups -OCH3 is 1. The Morgan fingerprint density at radius 1 is 1.11 bits per heavy atom. The van der Waals surface area contributed by atoms with Crippen molar-refractivity contribution in [2.75, 3.05) is 13.7 Å². The second-order valence-electron chi connectivity index (χ2n) is 15.8. The van der Waals surface area contributed by atoms with Crippen LogP contribution in [-0.4, -0.2) is 96.1 Å². The maximum Gasteiger partial charge on any atom is 0.408 e. The SMILES string of the molecule is C=C[C@@H]1C[C@]1(NC(=O)[C@@H]1C[C@@H](Oc2nccc3cc(OC)ccc23)CN1C(=O)[C@H](CCC(=O)/C=C/C1CC1)NC(=O)OC(C)(C)C)C(=O)NS(=O)(=O)C1CC1. The Balaban J connectivity index is 1.27. The second kappa shape index (κ2) is 15.6. The molecule has 0 bridgehead atoms. The first-order valence-corrected chi connectivity index (χ1v) is 20.2. The fourth-order valence-electron chi connectivity index (χ4n) is 6.71. The number of carbonyl (C=O) groups excluding carboxylic acids is 5. The molecule has 5 atom stereocenters. The van der Waals surface area contributed by atoms with Crippen molar-refractivity contribution in [1.29, 1.82) is 0 Å². The van der Waals surface area contributed by atoms with Crippen LogP contribution in [0.3, 0.4) is 0 Å². The molecule has 2 aromatic rings. The lowest BCUT2D eigenvalue weighted by molar-refractivity contribution is -0.141. The minimum Gasteiger partial charge on any atom is -0.497 e. The summed E-state index contributed by atoms with van der Waals surface area (Å²) in [6.07, 6.45) is 7.55. The molecular weight excluding hydrogens is 731 g/mol. The third-order valence-corrected chi connectivity index (χ3v) is 12.0. The minimum absolute atomic E-state index is 0.0369. The van der Waals surface area contributed by atoms with E-state index in [1.165, 1.54) is 17.1 Å². The van der Waals surface area contributed by atoms with Gasteiger partial charge in [0.1, 0.15) is 35.1 Å². The highest BCUT2D eigenvalue weighted by molar-refractivity contribution is 7.91. The lowest BCUT2D eigenvalue weighted by Crippen LogP contribution is -2.58. The number of hydrogen-bond donors (Lipinski definition) is 3. The molecule has 2 heterocycles. The van der Waals surface area contributed by atoms with Gasteiger partial charge in [0.15, 0.2) is 5.78 Å². The Kier molecular flexibility index (Phi) is 11.3. The van der Waals surface area contributed by atoms with E-state index in [1.54, 1.807) is 52.3 Å². The van der Waals surface area contributed by atoms with E-state index >= 15 is 0 Å². The third kappa shape index (κ3) is 9.64. The summed E-state index contributed by atoms with van der Waals surface area (Å²) in [4.78, 5) is 73.8. The van der Waals surface area contributed by atoms with Crippen LogP contribution in [0.15, 0.2) is 55.3 Å². The van der Waals surface area contributed by atoms with Gasteiger partial charge in [-0.15, -0.1) is 6.58 Å². The smallest absolute Gasteiger partial charge is 0.408 e. The Bertz CT molecular complexity index is 2000. The molecule has 0 spiro atoms. The predicted molar refractivity (Wildman–Crippen MR) is 201 cm³/mol. The van der Waals surface area contributed by atoms with Crippen molar-refractivity contribution in [2.24, 2.45) is 11.8 Å². The second-order valence-corrected chi connectivity index (χ2v) is 17.7. The van der Waals surface area contributed by atoms with E-state index in [2.05, 4.69) is 26.9 Å². The Labute approximate surface area is 320 Å². The first kappa shape index (κ1) is 39.7. The fraction of sp³-hybridized carbons (Fsp3) is 0.538. The first-order chi connectivity index (χ1) is 26.0. The number of hydrogen-bond acceptors (Lipinski definition) is 11. The number of allylic oxidation sites excluding steroid dienone is 2. The summed E-state index contributed by atoms with van der Waals surface area (Å²) in [6.45, 7) is 8.66. The van der Waals surface area contributed by atoms with E-state index in [0.717, 1.165) is 18.2 Å². The van der Waals surface area contributed by atoms with E-state index in [1.807, 2.05) is 12.1 Å². The summed E-state index contributed by atoms with van der Waals surface area (Å²) in [7, 11) is -2.37. The summed E-state index contributed by atoms with van der Waals surface area (Å²) in [5.74, 6) is -1.79. The topological polar surface area (TPSA) is 199 Å². The molecule has 3 N–H and O–H groups in total. The van der Waals surface area contributed by atoms with E-state index in [-0.39, 0.29) is 43.9 Å². The third-order valence-electron chi connectivity index (χ3n) is 10.2. The average Bonchev–Trinajstić information content (AvgIpc) is 4.02. The zero-order valence-electron chi connectivity index (χ0n) is 31.5. The van der Waals surface area contributed by atoms with Crippen LogP contribution < -0.4 is 24.8 Å².